The largest absolute Gasteiger partial charge is 0.350 e. The van der Waals surface area contributed by atoms with Crippen molar-refractivity contribution in [2.24, 2.45) is 0 Å². The summed E-state index contributed by atoms with van der Waals surface area (Å²) in [4.78, 5) is 27.6. The Morgan fingerprint density at radius 1 is 0.897 bits per heavy atom. The molecule has 0 saturated carbocycles. The van der Waals surface area contributed by atoms with Gasteiger partial charge in [-0.2, -0.15) is 0 Å². The Hall–Kier alpha value is -3.44. The highest BCUT2D eigenvalue weighted by molar-refractivity contribution is 6.46. The van der Waals surface area contributed by atoms with Crippen LogP contribution in [-0.4, -0.2) is 11.8 Å². The predicted molar refractivity (Wildman–Crippen MR) is 112 cm³/mol. The lowest BCUT2D eigenvalue weighted by Gasteiger charge is -2.15. The minimum Gasteiger partial charge on any atom is -0.350 e. The number of rotatable bonds is 4. The SMILES string of the molecule is Cc1ccc(C2=C(Nc3ccc(F)cc3)C(=O)N(c3cccc(Cl)c3)C2=O)cc1. The maximum absolute atomic E-state index is 13.3. The fourth-order valence-corrected chi connectivity index (χ4v) is 3.35. The number of halogens is 2. The molecule has 1 heterocycles. The highest BCUT2D eigenvalue weighted by Gasteiger charge is 2.40. The quantitative estimate of drug-likeness (QED) is 0.607. The molecule has 3 aromatic rings. The lowest BCUT2D eigenvalue weighted by molar-refractivity contribution is -0.120. The number of hydrogen-bond donors (Lipinski definition) is 1. The minimum absolute atomic E-state index is 0.130. The Labute approximate surface area is 172 Å². The van der Waals surface area contributed by atoms with Crippen LogP contribution in [0.3, 0.4) is 0 Å². The Kier molecular flexibility index (Phi) is 4.91. The van der Waals surface area contributed by atoms with Gasteiger partial charge in [-0.1, -0.05) is 47.5 Å². The second kappa shape index (κ2) is 7.53. The second-order valence-corrected chi connectivity index (χ2v) is 7.11. The average molecular weight is 407 g/mol. The van der Waals surface area contributed by atoms with Gasteiger partial charge in [0.1, 0.15) is 11.5 Å². The van der Waals surface area contributed by atoms with Gasteiger partial charge in [0.25, 0.3) is 11.8 Å². The molecule has 4 rings (SSSR count). The summed E-state index contributed by atoms with van der Waals surface area (Å²) < 4.78 is 13.3. The molecule has 1 aliphatic heterocycles. The second-order valence-electron chi connectivity index (χ2n) is 6.67. The first-order chi connectivity index (χ1) is 13.9. The summed E-state index contributed by atoms with van der Waals surface area (Å²) in [6.45, 7) is 1.94. The summed E-state index contributed by atoms with van der Waals surface area (Å²) in [5, 5.41) is 3.41. The zero-order valence-electron chi connectivity index (χ0n) is 15.4. The van der Waals surface area contributed by atoms with Crippen molar-refractivity contribution in [1.29, 1.82) is 0 Å². The van der Waals surface area contributed by atoms with Crippen molar-refractivity contribution in [2.75, 3.05) is 10.2 Å². The highest BCUT2D eigenvalue weighted by atomic mass is 35.5. The van der Waals surface area contributed by atoms with Gasteiger partial charge in [0.05, 0.1) is 11.3 Å². The maximum Gasteiger partial charge on any atom is 0.282 e. The van der Waals surface area contributed by atoms with Gasteiger partial charge in [0.2, 0.25) is 0 Å². The fraction of sp³-hybridized carbons (Fsp3) is 0.0435. The molecule has 1 aliphatic rings. The van der Waals surface area contributed by atoms with E-state index in [9.17, 15) is 14.0 Å². The van der Waals surface area contributed by atoms with Crippen LogP contribution in [0.4, 0.5) is 15.8 Å². The van der Waals surface area contributed by atoms with E-state index in [1.54, 1.807) is 36.4 Å². The number of hydrogen-bond acceptors (Lipinski definition) is 3. The predicted octanol–water partition coefficient (Wildman–Crippen LogP) is 5.18. The number of nitrogens with one attached hydrogen (secondary N) is 1. The Bertz CT molecular complexity index is 1140. The van der Waals surface area contributed by atoms with E-state index in [1.165, 1.54) is 24.3 Å². The first kappa shape index (κ1) is 18.9. The first-order valence-corrected chi connectivity index (χ1v) is 9.30. The number of amides is 2. The molecule has 1 N–H and O–H groups in total. The Balaban J connectivity index is 1.82. The third-order valence-electron chi connectivity index (χ3n) is 4.60. The number of aryl methyl sites for hydroxylation is 1. The normalized spacial score (nSPS) is 14.0. The minimum atomic E-state index is -0.503. The van der Waals surface area contributed by atoms with E-state index in [0.29, 0.717) is 22.0 Å². The fourth-order valence-electron chi connectivity index (χ4n) is 3.16. The lowest BCUT2D eigenvalue weighted by atomic mass is 10.0. The van der Waals surface area contributed by atoms with Crippen molar-refractivity contribution in [3.63, 3.8) is 0 Å². The van der Waals surface area contributed by atoms with Crippen LogP contribution >= 0.6 is 11.6 Å². The van der Waals surface area contributed by atoms with Crippen molar-refractivity contribution < 1.29 is 14.0 Å². The van der Waals surface area contributed by atoms with E-state index in [4.69, 9.17) is 11.6 Å². The zero-order valence-corrected chi connectivity index (χ0v) is 16.2. The molecular formula is C23H16ClFN2O2. The van der Waals surface area contributed by atoms with Crippen molar-refractivity contribution in [3.8, 4) is 0 Å². The maximum atomic E-state index is 13.3. The number of carbonyl (C=O) groups excluding carboxylic acids is 2. The Morgan fingerprint density at radius 3 is 2.24 bits per heavy atom. The molecule has 0 aliphatic carbocycles. The van der Waals surface area contributed by atoms with Crippen LogP contribution in [-0.2, 0) is 9.59 Å². The first-order valence-electron chi connectivity index (χ1n) is 8.92. The van der Waals surface area contributed by atoms with E-state index in [1.807, 2.05) is 19.1 Å². The van der Waals surface area contributed by atoms with Gasteiger partial charge in [-0.25, -0.2) is 9.29 Å². The van der Waals surface area contributed by atoms with Gasteiger partial charge in [-0.3, -0.25) is 9.59 Å². The van der Waals surface area contributed by atoms with Crippen LogP contribution in [0.1, 0.15) is 11.1 Å². The van der Waals surface area contributed by atoms with Gasteiger partial charge in [0.15, 0.2) is 0 Å². The van der Waals surface area contributed by atoms with Gasteiger partial charge in [-0.15, -0.1) is 0 Å². The number of anilines is 2. The van der Waals surface area contributed by atoms with E-state index in [2.05, 4.69) is 5.32 Å². The summed E-state index contributed by atoms with van der Waals surface area (Å²) in [5.74, 6) is -1.35. The molecular weight excluding hydrogens is 391 g/mol. The average Bonchev–Trinajstić information content (AvgIpc) is 2.94. The summed E-state index contributed by atoms with van der Waals surface area (Å²) >= 11 is 6.06. The van der Waals surface area contributed by atoms with E-state index < -0.39 is 17.6 Å². The number of benzene rings is 3. The van der Waals surface area contributed by atoms with Gasteiger partial charge < -0.3 is 5.32 Å². The standard InChI is InChI=1S/C23H16ClFN2O2/c1-14-5-7-15(8-6-14)20-21(26-18-11-9-17(25)10-12-18)23(29)27(22(20)28)19-4-2-3-16(24)13-19/h2-13,26H,1H3. The number of imide groups is 1. The molecule has 144 valence electrons. The van der Waals surface area contributed by atoms with Crippen LogP contribution in [0.25, 0.3) is 5.57 Å². The van der Waals surface area contributed by atoms with Crippen LogP contribution in [0.5, 0.6) is 0 Å². The molecule has 0 saturated heterocycles. The zero-order chi connectivity index (χ0) is 20.5. The molecule has 4 nitrogen and oxygen atoms in total. The number of nitrogens with zero attached hydrogens (tertiary/aromatic N) is 1. The molecule has 2 amide bonds. The third-order valence-corrected chi connectivity index (χ3v) is 4.84. The van der Waals surface area contributed by atoms with Gasteiger partial charge in [0, 0.05) is 10.7 Å². The molecule has 0 radical (unpaired) electrons. The molecule has 3 aromatic carbocycles. The molecule has 29 heavy (non-hydrogen) atoms. The Morgan fingerprint density at radius 2 is 1.59 bits per heavy atom. The molecule has 0 atom stereocenters. The molecule has 0 spiro atoms. The lowest BCUT2D eigenvalue weighted by Crippen LogP contribution is -2.32. The van der Waals surface area contributed by atoms with Crippen LogP contribution in [0.15, 0.2) is 78.5 Å². The summed E-state index contributed by atoms with van der Waals surface area (Å²) in [5.41, 5.74) is 2.91. The monoisotopic (exact) mass is 406 g/mol. The van der Waals surface area contributed by atoms with Crippen LogP contribution < -0.4 is 10.2 Å². The van der Waals surface area contributed by atoms with Crippen LogP contribution in [0, 0.1) is 12.7 Å². The van der Waals surface area contributed by atoms with E-state index >= 15 is 0 Å². The topological polar surface area (TPSA) is 49.4 Å². The van der Waals surface area contributed by atoms with Crippen molar-refractivity contribution in [2.45, 2.75) is 6.92 Å². The summed E-state index contributed by atoms with van der Waals surface area (Å²) in [7, 11) is 0. The molecule has 6 heteroatoms. The van der Waals surface area contributed by atoms with E-state index in [0.717, 1.165) is 10.5 Å². The number of carbonyl (C=O) groups is 2. The van der Waals surface area contributed by atoms with Crippen LogP contribution in [0.2, 0.25) is 5.02 Å². The smallest absolute Gasteiger partial charge is 0.282 e. The summed E-state index contributed by atoms with van der Waals surface area (Å²) in [6, 6.07) is 19.5. The third kappa shape index (κ3) is 3.65. The molecule has 0 bridgehead atoms. The van der Waals surface area contributed by atoms with Crippen molar-refractivity contribution in [1.82, 2.24) is 0 Å². The summed E-state index contributed by atoms with van der Waals surface area (Å²) in [6.07, 6.45) is 0. The molecule has 0 unspecified atom stereocenters. The molecule has 0 aromatic heterocycles. The highest BCUT2D eigenvalue weighted by Crippen LogP contribution is 2.34. The van der Waals surface area contributed by atoms with Gasteiger partial charge >= 0.3 is 0 Å². The van der Waals surface area contributed by atoms with Gasteiger partial charge in [-0.05, 0) is 55.0 Å². The van der Waals surface area contributed by atoms with Crippen molar-refractivity contribution >= 4 is 40.4 Å². The van der Waals surface area contributed by atoms with E-state index in [-0.39, 0.29) is 11.3 Å². The van der Waals surface area contributed by atoms with Crippen molar-refractivity contribution in [3.05, 3.63) is 100 Å². The molecule has 0 fully saturated rings.